The van der Waals surface area contributed by atoms with E-state index in [0.29, 0.717) is 31.1 Å². The second-order valence-corrected chi connectivity index (χ2v) is 8.52. The number of hydrogen-bond donors (Lipinski definition) is 1. The molecule has 0 radical (unpaired) electrons. The third kappa shape index (κ3) is 5.79. The van der Waals surface area contributed by atoms with E-state index in [-0.39, 0.29) is 9.92 Å². The van der Waals surface area contributed by atoms with E-state index in [4.69, 9.17) is 20.9 Å². The third-order valence-corrected chi connectivity index (χ3v) is 6.26. The molecule has 0 atom stereocenters. The predicted molar refractivity (Wildman–Crippen MR) is 110 cm³/mol. The van der Waals surface area contributed by atoms with Crippen LogP contribution in [0.4, 0.5) is 0 Å². The minimum atomic E-state index is -3.59. The van der Waals surface area contributed by atoms with Crippen LogP contribution in [0.5, 0.6) is 5.75 Å². The Bertz CT molecular complexity index is 1040. The molecule has 0 aliphatic carbocycles. The molecular weight excluding hydrogens is 414 g/mol. The summed E-state index contributed by atoms with van der Waals surface area (Å²) in [6.45, 7) is 0.342. The van der Waals surface area contributed by atoms with Gasteiger partial charge in [-0.3, -0.25) is 0 Å². The van der Waals surface area contributed by atoms with Gasteiger partial charge in [-0.1, -0.05) is 35.3 Å². The first kappa shape index (κ1) is 21.3. The predicted octanol–water partition coefficient (Wildman–Crippen LogP) is 4.09. The van der Waals surface area contributed by atoms with Crippen LogP contribution in [0.2, 0.25) is 5.02 Å². The first-order valence-electron chi connectivity index (χ1n) is 9.21. The summed E-state index contributed by atoms with van der Waals surface area (Å²) in [5.41, 5.74) is 0.856. The lowest BCUT2D eigenvalue weighted by atomic mass is 10.2. The van der Waals surface area contributed by atoms with E-state index in [1.807, 2.05) is 24.3 Å². The van der Waals surface area contributed by atoms with Crippen molar-refractivity contribution in [1.29, 1.82) is 0 Å². The Hall–Kier alpha value is -2.42. The van der Waals surface area contributed by atoms with E-state index >= 15 is 0 Å². The Morgan fingerprint density at radius 3 is 2.55 bits per heavy atom. The van der Waals surface area contributed by atoms with E-state index in [9.17, 15) is 8.42 Å². The van der Waals surface area contributed by atoms with Crippen molar-refractivity contribution in [2.75, 3.05) is 13.7 Å². The summed E-state index contributed by atoms with van der Waals surface area (Å²) in [4.78, 5) is 4.49. The van der Waals surface area contributed by atoms with Crippen molar-refractivity contribution in [3.05, 3.63) is 59.4 Å². The lowest BCUT2D eigenvalue weighted by molar-refractivity contribution is 0.374. The number of nitrogens with one attached hydrogen (secondary N) is 1. The molecule has 0 aliphatic heterocycles. The highest BCUT2D eigenvalue weighted by Gasteiger charge is 2.16. The zero-order valence-corrected chi connectivity index (χ0v) is 17.5. The topological polar surface area (TPSA) is 94.3 Å². The Morgan fingerprint density at radius 1 is 1.07 bits per heavy atom. The summed E-state index contributed by atoms with van der Waals surface area (Å²) in [7, 11) is -1.98. The summed E-state index contributed by atoms with van der Waals surface area (Å²) < 4.78 is 37.5. The second-order valence-electron chi connectivity index (χ2n) is 6.38. The molecule has 3 rings (SSSR count). The van der Waals surface area contributed by atoms with Gasteiger partial charge in [0.05, 0.1) is 12.1 Å². The van der Waals surface area contributed by atoms with Gasteiger partial charge < -0.3 is 9.26 Å². The normalized spacial score (nSPS) is 11.5. The quantitative estimate of drug-likeness (QED) is 0.482. The van der Waals surface area contributed by atoms with Crippen LogP contribution in [0, 0.1) is 0 Å². The molecule has 1 heterocycles. The highest BCUT2D eigenvalue weighted by Crippen LogP contribution is 2.21. The van der Waals surface area contributed by atoms with Crippen LogP contribution in [-0.2, 0) is 16.4 Å². The maximum absolute atomic E-state index is 12.2. The fourth-order valence-corrected chi connectivity index (χ4v) is 4.33. The number of unbranched alkanes of at least 4 members (excludes halogenated alkanes) is 2. The molecule has 9 heteroatoms. The lowest BCUT2D eigenvalue weighted by Gasteiger charge is -2.07. The zero-order chi connectivity index (χ0) is 20.7. The van der Waals surface area contributed by atoms with Crippen molar-refractivity contribution in [2.45, 2.75) is 30.6 Å². The molecule has 0 amide bonds. The second kappa shape index (κ2) is 9.87. The van der Waals surface area contributed by atoms with E-state index in [0.717, 1.165) is 24.2 Å². The van der Waals surface area contributed by atoms with Crippen LogP contribution in [-0.4, -0.2) is 32.2 Å². The number of ether oxygens (including phenoxy) is 1. The minimum Gasteiger partial charge on any atom is -0.497 e. The van der Waals surface area contributed by atoms with E-state index in [1.54, 1.807) is 25.3 Å². The molecule has 3 aromatic rings. The van der Waals surface area contributed by atoms with Gasteiger partial charge in [0.15, 0.2) is 0 Å². The molecule has 0 unspecified atom stereocenters. The van der Waals surface area contributed by atoms with Gasteiger partial charge in [0.25, 0.3) is 0 Å². The largest absolute Gasteiger partial charge is 0.497 e. The van der Waals surface area contributed by atoms with Gasteiger partial charge in [-0.2, -0.15) is 4.98 Å². The van der Waals surface area contributed by atoms with Gasteiger partial charge in [-0.05, 0) is 49.2 Å². The standard InChI is InChI=1S/C20H22ClN3O4S/c1-27-16-12-10-15(11-13-16)20-23-19(28-24-20)9-3-2-6-14-22-29(25,26)18-8-5-4-7-17(18)21/h4-5,7-8,10-13,22H,2-3,6,9,14H2,1H3. The number of halogens is 1. The number of nitrogens with zero attached hydrogens (tertiary/aromatic N) is 2. The summed E-state index contributed by atoms with van der Waals surface area (Å²) in [6.07, 6.45) is 2.98. The summed E-state index contributed by atoms with van der Waals surface area (Å²) in [6, 6.07) is 13.8. The van der Waals surface area contributed by atoms with Gasteiger partial charge in [-0.15, -0.1) is 0 Å². The number of benzene rings is 2. The molecule has 1 aromatic heterocycles. The number of hydrogen-bond acceptors (Lipinski definition) is 6. The first-order chi connectivity index (χ1) is 14.0. The molecular formula is C20H22ClN3O4S. The van der Waals surface area contributed by atoms with Crippen LogP contribution in [0.1, 0.15) is 25.2 Å². The third-order valence-electron chi connectivity index (χ3n) is 4.30. The Balaban J connectivity index is 1.41. The fraction of sp³-hybridized carbons (Fsp3) is 0.300. The number of aryl methyl sites for hydroxylation is 1. The summed E-state index contributed by atoms with van der Waals surface area (Å²) >= 11 is 5.95. The van der Waals surface area contributed by atoms with Crippen LogP contribution in [0.3, 0.4) is 0 Å². The average Bonchev–Trinajstić information content (AvgIpc) is 3.20. The number of aromatic nitrogens is 2. The van der Waals surface area contributed by atoms with Crippen molar-refractivity contribution in [3.63, 3.8) is 0 Å². The van der Waals surface area contributed by atoms with Crippen molar-refractivity contribution < 1.29 is 17.7 Å². The van der Waals surface area contributed by atoms with Crippen molar-refractivity contribution in [3.8, 4) is 17.1 Å². The fourth-order valence-electron chi connectivity index (χ4n) is 2.74. The highest BCUT2D eigenvalue weighted by molar-refractivity contribution is 7.89. The molecule has 0 saturated heterocycles. The maximum Gasteiger partial charge on any atom is 0.242 e. The number of sulfonamides is 1. The Kier molecular flexibility index (Phi) is 7.24. The van der Waals surface area contributed by atoms with Crippen molar-refractivity contribution in [1.82, 2.24) is 14.9 Å². The molecule has 0 aliphatic rings. The molecule has 1 N–H and O–H groups in total. The molecule has 0 saturated carbocycles. The van der Waals surface area contributed by atoms with Crippen molar-refractivity contribution in [2.24, 2.45) is 0 Å². The molecule has 0 bridgehead atoms. The van der Waals surface area contributed by atoms with Gasteiger partial charge in [0.1, 0.15) is 10.6 Å². The molecule has 154 valence electrons. The summed E-state index contributed by atoms with van der Waals surface area (Å²) in [5.74, 6) is 1.87. The number of rotatable bonds is 10. The smallest absolute Gasteiger partial charge is 0.242 e. The monoisotopic (exact) mass is 435 g/mol. The number of methoxy groups -OCH3 is 1. The molecule has 0 spiro atoms. The average molecular weight is 436 g/mol. The Labute approximate surface area is 175 Å². The van der Waals surface area contributed by atoms with Crippen molar-refractivity contribution >= 4 is 21.6 Å². The van der Waals surface area contributed by atoms with Crippen LogP contribution >= 0.6 is 11.6 Å². The van der Waals surface area contributed by atoms with Gasteiger partial charge in [0, 0.05) is 18.5 Å². The van der Waals surface area contributed by atoms with Crippen LogP contribution < -0.4 is 9.46 Å². The first-order valence-corrected chi connectivity index (χ1v) is 11.1. The van der Waals surface area contributed by atoms with Crippen LogP contribution in [0.25, 0.3) is 11.4 Å². The van der Waals surface area contributed by atoms with Gasteiger partial charge in [0.2, 0.25) is 21.7 Å². The van der Waals surface area contributed by atoms with Gasteiger partial charge >= 0.3 is 0 Å². The van der Waals surface area contributed by atoms with E-state index in [1.165, 1.54) is 6.07 Å². The zero-order valence-electron chi connectivity index (χ0n) is 16.0. The van der Waals surface area contributed by atoms with Gasteiger partial charge in [-0.25, -0.2) is 13.1 Å². The summed E-state index contributed by atoms with van der Waals surface area (Å²) in [5, 5.41) is 4.21. The molecule has 0 fully saturated rings. The Morgan fingerprint density at radius 2 is 1.83 bits per heavy atom. The van der Waals surface area contributed by atoms with E-state index in [2.05, 4.69) is 14.9 Å². The maximum atomic E-state index is 12.2. The molecule has 7 nitrogen and oxygen atoms in total. The highest BCUT2D eigenvalue weighted by atomic mass is 35.5. The molecule has 29 heavy (non-hydrogen) atoms. The van der Waals surface area contributed by atoms with Crippen LogP contribution in [0.15, 0.2) is 57.9 Å². The van der Waals surface area contributed by atoms with E-state index < -0.39 is 10.0 Å². The lowest BCUT2D eigenvalue weighted by Crippen LogP contribution is -2.25. The minimum absolute atomic E-state index is 0.0959. The SMILES string of the molecule is COc1ccc(-c2noc(CCCCCNS(=O)(=O)c3ccccc3Cl)n2)cc1. The molecule has 2 aromatic carbocycles.